The Morgan fingerprint density at radius 2 is 0.872 bits per heavy atom. The normalized spacial score (nSPS) is 13.5. The first-order chi connectivity index (χ1) is 41.5. The fourth-order valence-electron chi connectivity index (χ4n) is 13.2. The van der Waals surface area contributed by atoms with Crippen molar-refractivity contribution in [3.05, 3.63) is 298 Å². The molecule has 2 aliphatic rings. The summed E-state index contributed by atoms with van der Waals surface area (Å²) < 4.78 is 13.3. The summed E-state index contributed by atoms with van der Waals surface area (Å²) in [7, 11) is 0. The number of rotatable bonds is 8. The summed E-state index contributed by atoms with van der Waals surface area (Å²) in [4.78, 5) is 10.1. The Kier molecular flexibility index (Phi) is 13.3. The number of para-hydroxylation sites is 6. The van der Waals surface area contributed by atoms with Crippen LogP contribution in [0.2, 0.25) is 0 Å². The summed E-state index contributed by atoms with van der Waals surface area (Å²) in [5.74, 6) is 2.31. The van der Waals surface area contributed by atoms with Crippen LogP contribution in [0.4, 0.5) is 34.3 Å². The van der Waals surface area contributed by atoms with Crippen molar-refractivity contribution in [3.63, 3.8) is 0 Å². The van der Waals surface area contributed by atoms with Crippen molar-refractivity contribution in [1.29, 1.82) is 0 Å². The maximum absolute atomic E-state index is 7.44. The minimum Gasteiger partial charge on any atom is -0.0564 e. The molecule has 0 atom stereocenters. The Labute approximate surface area is 516 Å². The molecule has 12 aromatic rings. The van der Waals surface area contributed by atoms with Crippen LogP contribution in [0, 0.1) is 3.80 Å². The smallest absolute Gasteiger partial charge is 0.0377 e. The van der Waals surface area contributed by atoms with Crippen LogP contribution < -0.4 is 14.5 Å². The SMILES string of the molecule is CC(C)(C)c1ccc(N2c3ccccc3C3(c4ccccc42)c2ccccc2N(c2cc(C(C)(C)C)ccn2)c2cc(Oc4cc(-n5[c](=[Pt])n(-c6c(-c7ccccc7)cccc6-c6ccccc6)c6ccccc65)cc(C(C)(C)C)c4)ccc23)cc1. The standard InChI is InChI=1S/C79H69N5O.Pt/c1-76(2,3)55-39-41-58(42-40-55)83-68-34-19-16-31-64(68)79(65-32-17-20-35-69(65)83)66-33-18-21-36-70(66)84(74-49-56(45-46-80-74)77(4,5)6)73-51-60(43-44-67(73)79)85-61-48-57(78(7,8)9)47-59(50-61)81-52-82(72-38-23-22-37-71(72)81)75-62(53-25-12-10-13-26-53)29-24-30-63(75)54-27-14-11-15-28-54;/h10-51H,1-9H3;. The summed E-state index contributed by atoms with van der Waals surface area (Å²) in [6.45, 7) is 20.5. The quantitative estimate of drug-likeness (QED) is 0.152. The van der Waals surface area contributed by atoms with Gasteiger partial charge in [-0.05, 0) is 52.3 Å². The molecule has 0 radical (unpaired) electrons. The molecule has 0 N–H and O–H groups in total. The van der Waals surface area contributed by atoms with E-state index >= 15 is 0 Å². The fraction of sp³-hybridized carbons (Fsp3) is 0.165. The van der Waals surface area contributed by atoms with Gasteiger partial charge in [-0.15, -0.1) is 0 Å². The molecule has 7 heteroatoms. The van der Waals surface area contributed by atoms with E-state index in [0.717, 1.165) is 105 Å². The molecule has 0 amide bonds. The van der Waals surface area contributed by atoms with Crippen molar-refractivity contribution >= 4 is 45.3 Å². The van der Waals surface area contributed by atoms with Crippen molar-refractivity contribution in [1.82, 2.24) is 14.1 Å². The number of aromatic nitrogens is 3. The van der Waals surface area contributed by atoms with Gasteiger partial charge in [-0.2, -0.15) is 0 Å². The zero-order valence-corrected chi connectivity index (χ0v) is 52.5. The second-order valence-electron chi connectivity index (χ2n) is 26.0. The van der Waals surface area contributed by atoms with Crippen LogP contribution in [0.1, 0.15) is 101 Å². The molecular formula is C79H69N5OPt. The van der Waals surface area contributed by atoms with E-state index in [4.69, 9.17) is 9.72 Å². The van der Waals surface area contributed by atoms with Gasteiger partial charge in [0.1, 0.15) is 0 Å². The molecule has 0 fully saturated rings. The maximum atomic E-state index is 7.44. The number of pyridine rings is 1. The van der Waals surface area contributed by atoms with Crippen LogP contribution in [0.15, 0.2) is 255 Å². The number of benzene rings is 10. The average molecular weight is 1300 g/mol. The molecule has 0 unspecified atom stereocenters. The van der Waals surface area contributed by atoms with Gasteiger partial charge < -0.3 is 4.90 Å². The van der Waals surface area contributed by atoms with Gasteiger partial charge in [-0.25, -0.2) is 0 Å². The Morgan fingerprint density at radius 3 is 1.43 bits per heavy atom. The number of ether oxygens (including phenoxy) is 1. The van der Waals surface area contributed by atoms with Crippen LogP contribution in [0.5, 0.6) is 11.5 Å². The van der Waals surface area contributed by atoms with Crippen molar-refractivity contribution in [2.24, 2.45) is 0 Å². The summed E-state index contributed by atoms with van der Waals surface area (Å²) in [5.41, 5.74) is 21.7. The number of nitrogens with zero attached hydrogens (tertiary/aromatic N) is 5. The van der Waals surface area contributed by atoms with Gasteiger partial charge in [0.25, 0.3) is 0 Å². The third kappa shape index (κ3) is 9.11. The monoisotopic (exact) mass is 1300 g/mol. The molecule has 4 heterocycles. The number of fused-ring (bicyclic) bond motifs is 9. The first-order valence-corrected chi connectivity index (χ1v) is 31.0. The van der Waals surface area contributed by atoms with Crippen LogP contribution in [0.3, 0.4) is 0 Å². The maximum Gasteiger partial charge on any atom is -0.0377 e. The minimum absolute atomic E-state index is 0.0205. The van der Waals surface area contributed by atoms with Crippen molar-refractivity contribution < 1.29 is 24.1 Å². The van der Waals surface area contributed by atoms with Gasteiger partial charge in [0.05, 0.1) is 11.4 Å². The van der Waals surface area contributed by atoms with E-state index in [1.165, 1.54) is 27.8 Å². The van der Waals surface area contributed by atoms with Gasteiger partial charge >= 0.3 is 331 Å². The number of imidazole rings is 1. The van der Waals surface area contributed by atoms with Gasteiger partial charge in [0, 0.05) is 11.9 Å². The second kappa shape index (κ2) is 20.9. The largest absolute Gasteiger partial charge is 0.0564 e. The topological polar surface area (TPSA) is 38.5 Å². The van der Waals surface area contributed by atoms with E-state index in [1.54, 1.807) is 0 Å². The molecule has 14 rings (SSSR count). The predicted octanol–water partition coefficient (Wildman–Crippen LogP) is 20.9. The molecule has 0 bridgehead atoms. The molecule has 86 heavy (non-hydrogen) atoms. The zero-order chi connectivity index (χ0) is 59.3. The average Bonchev–Trinajstić information content (AvgIpc) is 0.820. The van der Waals surface area contributed by atoms with E-state index in [-0.39, 0.29) is 16.2 Å². The fourth-order valence-corrected chi connectivity index (χ4v) is 14.3. The van der Waals surface area contributed by atoms with E-state index in [9.17, 15) is 0 Å². The Bertz CT molecular complexity index is 4550. The molecule has 2 aromatic heterocycles. The Hall–Kier alpha value is -9.09. The summed E-state index contributed by atoms with van der Waals surface area (Å²) in [6.07, 6.45) is 1.97. The summed E-state index contributed by atoms with van der Waals surface area (Å²) in [6, 6.07) is 91.2. The molecule has 6 nitrogen and oxygen atoms in total. The molecule has 0 aliphatic carbocycles. The Morgan fingerprint density at radius 1 is 0.372 bits per heavy atom. The molecule has 2 aliphatic heterocycles. The number of hydrogen-bond donors (Lipinski definition) is 0. The van der Waals surface area contributed by atoms with Crippen LogP contribution >= 0.6 is 0 Å². The zero-order valence-electron chi connectivity index (χ0n) is 50.2. The Balaban J connectivity index is 0.977. The summed E-state index contributed by atoms with van der Waals surface area (Å²) in [5, 5.41) is 0. The molecule has 1 spiro atoms. The molecule has 0 saturated heterocycles. The summed E-state index contributed by atoms with van der Waals surface area (Å²) >= 11 is 2.55. The predicted molar refractivity (Wildman–Crippen MR) is 352 cm³/mol. The second-order valence-corrected chi connectivity index (χ2v) is 27.0. The minimum atomic E-state index is -0.752. The number of hydrogen-bond acceptors (Lipinski definition) is 4. The van der Waals surface area contributed by atoms with Crippen LogP contribution in [0.25, 0.3) is 44.7 Å². The van der Waals surface area contributed by atoms with Gasteiger partial charge in [-0.1, -0.05) is 108 Å². The molecule has 426 valence electrons. The third-order valence-corrected chi connectivity index (χ3v) is 18.5. The van der Waals surface area contributed by atoms with Crippen LogP contribution in [-0.2, 0) is 41.0 Å². The van der Waals surface area contributed by atoms with Crippen molar-refractivity contribution in [2.75, 3.05) is 9.80 Å². The molecule has 0 saturated carbocycles. The first kappa shape index (κ1) is 54.8. The van der Waals surface area contributed by atoms with Gasteiger partial charge in [-0.3, -0.25) is 0 Å². The van der Waals surface area contributed by atoms with Gasteiger partial charge in [0.2, 0.25) is 0 Å². The van der Waals surface area contributed by atoms with E-state index in [1.807, 2.05) is 6.20 Å². The number of anilines is 6. The van der Waals surface area contributed by atoms with Crippen molar-refractivity contribution in [3.8, 4) is 45.1 Å². The van der Waals surface area contributed by atoms with Gasteiger partial charge in [0.15, 0.2) is 0 Å². The van der Waals surface area contributed by atoms with Crippen LogP contribution in [-0.4, -0.2) is 14.1 Å². The van der Waals surface area contributed by atoms with E-state index in [2.05, 4.69) is 349 Å². The van der Waals surface area contributed by atoms with E-state index in [0.29, 0.717) is 0 Å². The van der Waals surface area contributed by atoms with E-state index < -0.39 is 5.41 Å². The molecule has 10 aromatic carbocycles. The first-order valence-electron chi connectivity index (χ1n) is 29.8. The third-order valence-electron chi connectivity index (χ3n) is 17.5. The van der Waals surface area contributed by atoms with Crippen molar-refractivity contribution in [2.45, 2.75) is 84.0 Å². The molecular weight excluding hydrogens is 1230 g/mol.